The summed E-state index contributed by atoms with van der Waals surface area (Å²) in [5.41, 5.74) is 2.32. The van der Waals surface area contributed by atoms with Crippen molar-refractivity contribution in [2.24, 2.45) is 7.05 Å². The summed E-state index contributed by atoms with van der Waals surface area (Å²) in [6.45, 7) is 4.05. The molecule has 28 heavy (non-hydrogen) atoms. The minimum absolute atomic E-state index is 0.0147. The van der Waals surface area contributed by atoms with Gasteiger partial charge in [0.25, 0.3) is 0 Å². The molecule has 1 spiro atoms. The molecule has 2 aliphatic heterocycles. The minimum atomic E-state index is -0.103. The summed E-state index contributed by atoms with van der Waals surface area (Å²) < 4.78 is 2.13. The van der Waals surface area contributed by atoms with E-state index in [1.807, 2.05) is 6.07 Å². The number of likely N-dealkylation sites (tertiary alicyclic amines) is 1. The number of aryl methyl sites for hydroxylation is 2. The Hall–Kier alpha value is -2.34. The van der Waals surface area contributed by atoms with Gasteiger partial charge in [-0.1, -0.05) is 18.2 Å². The zero-order valence-electron chi connectivity index (χ0n) is 16.8. The van der Waals surface area contributed by atoms with E-state index < -0.39 is 0 Å². The quantitative estimate of drug-likeness (QED) is 0.850. The molecule has 2 saturated heterocycles. The van der Waals surface area contributed by atoms with Gasteiger partial charge in [0.1, 0.15) is 0 Å². The fourth-order valence-corrected chi connectivity index (χ4v) is 5.17. The Morgan fingerprint density at radius 1 is 1.25 bits per heavy atom. The largest absolute Gasteiger partial charge is 0.352 e. The van der Waals surface area contributed by atoms with Crippen LogP contribution < -0.4 is 10.6 Å². The molecule has 2 aliphatic rings. The standard InChI is InChI=1S/C22H30N4O2/c1-16(27)24-18-13-22(9-11-23-12-10-22)26(15-18)21(28)8-7-17-14-25(2)20-6-4-3-5-19(17)20/h3-6,14,18,23H,7-13,15H2,1-2H3,(H,24,27). The van der Waals surface area contributed by atoms with Gasteiger partial charge < -0.3 is 20.1 Å². The van der Waals surface area contributed by atoms with Gasteiger partial charge in [-0.05, 0) is 50.4 Å². The summed E-state index contributed by atoms with van der Waals surface area (Å²) in [7, 11) is 2.05. The Labute approximate surface area is 166 Å². The van der Waals surface area contributed by atoms with E-state index in [-0.39, 0.29) is 23.4 Å². The molecule has 1 unspecified atom stereocenters. The van der Waals surface area contributed by atoms with Crippen LogP contribution in [0.4, 0.5) is 0 Å². The highest BCUT2D eigenvalue weighted by Gasteiger charge is 2.48. The van der Waals surface area contributed by atoms with Gasteiger partial charge in [-0.3, -0.25) is 9.59 Å². The molecule has 0 aliphatic carbocycles. The topological polar surface area (TPSA) is 66.4 Å². The molecule has 6 heteroatoms. The molecule has 6 nitrogen and oxygen atoms in total. The van der Waals surface area contributed by atoms with Gasteiger partial charge >= 0.3 is 0 Å². The number of fused-ring (bicyclic) bond motifs is 1. The molecule has 2 fully saturated rings. The number of hydrogen-bond acceptors (Lipinski definition) is 3. The van der Waals surface area contributed by atoms with Crippen LogP contribution in [0.3, 0.4) is 0 Å². The van der Waals surface area contributed by atoms with E-state index in [9.17, 15) is 9.59 Å². The highest BCUT2D eigenvalue weighted by molar-refractivity contribution is 5.85. The van der Waals surface area contributed by atoms with Crippen LogP contribution in [-0.2, 0) is 23.1 Å². The summed E-state index contributed by atoms with van der Waals surface area (Å²) in [6.07, 6.45) is 6.19. The number of para-hydroxylation sites is 1. The third-order valence-electron chi connectivity index (χ3n) is 6.43. The van der Waals surface area contributed by atoms with Crippen LogP contribution in [-0.4, -0.2) is 52.5 Å². The number of nitrogens with one attached hydrogen (secondary N) is 2. The number of hydrogen-bond donors (Lipinski definition) is 2. The second-order valence-corrected chi connectivity index (χ2v) is 8.36. The number of aromatic nitrogens is 1. The second kappa shape index (κ2) is 7.59. The van der Waals surface area contributed by atoms with Gasteiger partial charge in [0.05, 0.1) is 0 Å². The van der Waals surface area contributed by atoms with Gasteiger partial charge in [-0.25, -0.2) is 0 Å². The lowest BCUT2D eigenvalue weighted by atomic mass is 9.84. The third kappa shape index (κ3) is 3.53. The molecule has 0 radical (unpaired) electrons. The maximum absolute atomic E-state index is 13.3. The summed E-state index contributed by atoms with van der Waals surface area (Å²) in [4.78, 5) is 26.9. The molecule has 2 amide bonds. The van der Waals surface area contributed by atoms with Crippen LogP contribution in [0.25, 0.3) is 10.9 Å². The molecule has 4 rings (SSSR count). The molecule has 150 valence electrons. The van der Waals surface area contributed by atoms with Crippen molar-refractivity contribution in [1.82, 2.24) is 20.1 Å². The first-order valence-electron chi connectivity index (χ1n) is 10.3. The van der Waals surface area contributed by atoms with E-state index in [4.69, 9.17) is 0 Å². The van der Waals surface area contributed by atoms with Crippen LogP contribution in [0.5, 0.6) is 0 Å². The Morgan fingerprint density at radius 2 is 2.00 bits per heavy atom. The van der Waals surface area contributed by atoms with Gasteiger partial charge in [0.15, 0.2) is 0 Å². The fourth-order valence-electron chi connectivity index (χ4n) is 5.17. The molecule has 0 saturated carbocycles. The van der Waals surface area contributed by atoms with Crippen molar-refractivity contribution in [1.29, 1.82) is 0 Å². The second-order valence-electron chi connectivity index (χ2n) is 8.36. The van der Waals surface area contributed by atoms with Crippen molar-refractivity contribution >= 4 is 22.7 Å². The van der Waals surface area contributed by atoms with E-state index >= 15 is 0 Å². The lowest BCUT2D eigenvalue weighted by molar-refractivity contribution is -0.136. The van der Waals surface area contributed by atoms with Crippen molar-refractivity contribution < 1.29 is 9.59 Å². The average molecular weight is 383 g/mol. The van der Waals surface area contributed by atoms with Crippen LogP contribution in [0.2, 0.25) is 0 Å². The summed E-state index contributed by atoms with van der Waals surface area (Å²) in [6, 6.07) is 8.41. The van der Waals surface area contributed by atoms with Gasteiger partial charge in [0.2, 0.25) is 11.8 Å². The Morgan fingerprint density at radius 3 is 2.75 bits per heavy atom. The summed E-state index contributed by atoms with van der Waals surface area (Å²) in [5.74, 6) is 0.196. The Bertz CT molecular complexity index is 882. The van der Waals surface area contributed by atoms with Gasteiger partial charge in [-0.2, -0.15) is 0 Å². The van der Waals surface area contributed by atoms with Gasteiger partial charge in [-0.15, -0.1) is 0 Å². The molecule has 0 bridgehead atoms. The van der Waals surface area contributed by atoms with Crippen LogP contribution in [0, 0.1) is 0 Å². The van der Waals surface area contributed by atoms with Crippen LogP contribution in [0.15, 0.2) is 30.5 Å². The number of nitrogens with zero attached hydrogens (tertiary/aromatic N) is 2. The van der Waals surface area contributed by atoms with Crippen molar-refractivity contribution in [3.8, 4) is 0 Å². The molecular weight excluding hydrogens is 352 g/mol. The zero-order valence-corrected chi connectivity index (χ0v) is 16.8. The number of carbonyl (C=O) groups is 2. The number of rotatable bonds is 4. The Balaban J connectivity index is 1.49. The lowest BCUT2D eigenvalue weighted by Crippen LogP contribution is -2.53. The van der Waals surface area contributed by atoms with Crippen molar-refractivity contribution in [3.63, 3.8) is 0 Å². The van der Waals surface area contributed by atoms with E-state index in [1.54, 1.807) is 6.92 Å². The van der Waals surface area contributed by atoms with E-state index in [2.05, 4.69) is 51.5 Å². The highest BCUT2D eigenvalue weighted by atomic mass is 16.2. The van der Waals surface area contributed by atoms with Crippen molar-refractivity contribution in [2.45, 2.75) is 50.6 Å². The lowest BCUT2D eigenvalue weighted by Gasteiger charge is -2.41. The summed E-state index contributed by atoms with van der Waals surface area (Å²) in [5, 5.41) is 7.68. The van der Waals surface area contributed by atoms with Gasteiger partial charge in [0, 0.05) is 55.6 Å². The molecule has 2 aromatic rings. The highest BCUT2D eigenvalue weighted by Crippen LogP contribution is 2.37. The SMILES string of the molecule is CC(=O)NC1CN(C(=O)CCc2cn(C)c3ccccc23)C2(CCNCC2)C1. The van der Waals surface area contributed by atoms with Crippen LogP contribution in [0.1, 0.15) is 38.2 Å². The summed E-state index contributed by atoms with van der Waals surface area (Å²) >= 11 is 0. The fraction of sp³-hybridized carbons (Fsp3) is 0.545. The maximum atomic E-state index is 13.3. The monoisotopic (exact) mass is 382 g/mol. The molecule has 3 heterocycles. The molecule has 1 atom stereocenters. The number of amides is 2. The third-order valence-corrected chi connectivity index (χ3v) is 6.43. The van der Waals surface area contributed by atoms with Crippen molar-refractivity contribution in [2.75, 3.05) is 19.6 Å². The minimum Gasteiger partial charge on any atom is -0.352 e. The van der Waals surface area contributed by atoms with Crippen molar-refractivity contribution in [3.05, 3.63) is 36.0 Å². The maximum Gasteiger partial charge on any atom is 0.223 e. The first kappa shape index (κ1) is 19.0. The smallest absolute Gasteiger partial charge is 0.223 e. The Kier molecular flexibility index (Phi) is 5.15. The molecule has 1 aromatic heterocycles. The van der Waals surface area contributed by atoms with E-state index in [1.165, 1.54) is 16.5 Å². The molecular formula is C22H30N4O2. The zero-order chi connectivity index (χ0) is 19.7. The van der Waals surface area contributed by atoms with E-state index in [0.717, 1.165) is 38.8 Å². The average Bonchev–Trinajstić information content (AvgIpc) is 3.18. The number of carbonyl (C=O) groups excluding carboxylic acids is 2. The number of benzene rings is 1. The predicted molar refractivity (Wildman–Crippen MR) is 110 cm³/mol. The normalized spacial score (nSPS) is 21.4. The molecule has 2 N–H and O–H groups in total. The molecule has 1 aromatic carbocycles. The predicted octanol–water partition coefficient (Wildman–Crippen LogP) is 1.97. The first-order valence-corrected chi connectivity index (χ1v) is 10.3. The van der Waals surface area contributed by atoms with E-state index in [0.29, 0.717) is 13.0 Å². The number of piperidine rings is 1. The first-order chi connectivity index (χ1) is 13.5. The van der Waals surface area contributed by atoms with Crippen LogP contribution >= 0.6 is 0 Å².